The SMILES string of the molecule is C=C(/C(C)=C\c1nc(C(=O)C2=C[CH]2)cc(=O)[nH]1)N1CCc2ncc(-c3ccc(C)nc3)cc2C1. The molecule has 0 unspecified atom stereocenters. The molecule has 0 bridgehead atoms. The third kappa shape index (κ3) is 4.50. The van der Waals surface area contributed by atoms with E-state index < -0.39 is 0 Å². The van der Waals surface area contributed by atoms with Crippen molar-refractivity contribution in [3.63, 3.8) is 0 Å². The molecule has 3 aromatic rings. The Kier molecular flexibility index (Phi) is 5.53. The molecule has 3 aromatic heterocycles. The molecule has 0 aromatic carbocycles. The van der Waals surface area contributed by atoms with Crippen molar-refractivity contribution in [1.82, 2.24) is 24.8 Å². The van der Waals surface area contributed by atoms with Crippen molar-refractivity contribution in [2.75, 3.05) is 6.54 Å². The van der Waals surface area contributed by atoms with E-state index in [4.69, 9.17) is 4.98 Å². The Morgan fingerprint density at radius 3 is 2.71 bits per heavy atom. The van der Waals surface area contributed by atoms with Crippen LogP contribution in [0.5, 0.6) is 0 Å². The van der Waals surface area contributed by atoms with E-state index in [-0.39, 0.29) is 17.0 Å². The lowest BCUT2D eigenvalue weighted by Crippen LogP contribution is -2.30. The van der Waals surface area contributed by atoms with Gasteiger partial charge in [0.05, 0.1) is 0 Å². The van der Waals surface area contributed by atoms with Crippen molar-refractivity contribution >= 4 is 11.9 Å². The van der Waals surface area contributed by atoms with Crippen molar-refractivity contribution in [1.29, 1.82) is 0 Å². The number of ketones is 1. The Balaban J connectivity index is 1.36. The van der Waals surface area contributed by atoms with Crippen LogP contribution in [-0.4, -0.2) is 37.2 Å². The van der Waals surface area contributed by atoms with E-state index >= 15 is 0 Å². The van der Waals surface area contributed by atoms with E-state index in [0.717, 1.165) is 52.3 Å². The lowest BCUT2D eigenvalue weighted by Gasteiger charge is -2.32. The van der Waals surface area contributed by atoms with Gasteiger partial charge >= 0.3 is 0 Å². The van der Waals surface area contributed by atoms with Gasteiger partial charge in [0.1, 0.15) is 11.5 Å². The molecule has 0 atom stereocenters. The molecule has 1 radical (unpaired) electrons. The number of rotatable bonds is 6. The van der Waals surface area contributed by atoms with Gasteiger partial charge in [-0.05, 0) is 43.2 Å². The molecule has 2 aliphatic rings. The maximum atomic E-state index is 12.3. The third-order valence-corrected chi connectivity index (χ3v) is 6.06. The monoisotopic (exact) mass is 450 g/mol. The fourth-order valence-corrected chi connectivity index (χ4v) is 3.99. The van der Waals surface area contributed by atoms with Gasteiger partial charge in [0, 0.05) is 78.2 Å². The van der Waals surface area contributed by atoms with E-state index in [1.165, 1.54) is 6.07 Å². The summed E-state index contributed by atoms with van der Waals surface area (Å²) < 4.78 is 0. The second-order valence-electron chi connectivity index (χ2n) is 8.60. The predicted octanol–water partition coefficient (Wildman–Crippen LogP) is 3.84. The van der Waals surface area contributed by atoms with Gasteiger partial charge in [-0.15, -0.1) is 0 Å². The number of hydrogen-bond acceptors (Lipinski definition) is 6. The van der Waals surface area contributed by atoms with Crippen LogP contribution < -0.4 is 5.56 Å². The molecule has 1 aliphatic carbocycles. The lowest BCUT2D eigenvalue weighted by atomic mass is 10.00. The van der Waals surface area contributed by atoms with Gasteiger partial charge in [0.15, 0.2) is 0 Å². The van der Waals surface area contributed by atoms with Gasteiger partial charge in [0.2, 0.25) is 5.78 Å². The van der Waals surface area contributed by atoms with Crippen LogP contribution in [0.3, 0.4) is 0 Å². The van der Waals surface area contributed by atoms with Crippen molar-refractivity contribution < 1.29 is 4.79 Å². The Labute approximate surface area is 197 Å². The van der Waals surface area contributed by atoms with Gasteiger partial charge in [-0.2, -0.15) is 0 Å². The number of carbonyl (C=O) groups is 1. The van der Waals surface area contributed by atoms with Gasteiger partial charge in [-0.25, -0.2) is 4.98 Å². The van der Waals surface area contributed by atoms with E-state index in [0.29, 0.717) is 17.9 Å². The molecule has 169 valence electrons. The maximum Gasteiger partial charge on any atom is 0.251 e. The standard InChI is InChI=1S/C27H24N5O2/c1-16(10-25-30-24(12-26(33)31-25)27(34)19-6-7-19)18(3)32-9-8-23-22(15-32)11-21(14-29-23)20-5-4-17(2)28-13-20/h4-7,10-14H,3,8-9,15H2,1-2H3,(H,30,31,33)/b16-10-. The van der Waals surface area contributed by atoms with E-state index in [9.17, 15) is 9.59 Å². The lowest BCUT2D eigenvalue weighted by molar-refractivity contribution is 0.103. The highest BCUT2D eigenvalue weighted by atomic mass is 16.1. The number of nitrogens with zero attached hydrogens (tertiary/aromatic N) is 4. The van der Waals surface area contributed by atoms with Gasteiger partial charge in [-0.3, -0.25) is 19.6 Å². The molecule has 1 aliphatic heterocycles. The second kappa shape index (κ2) is 8.67. The summed E-state index contributed by atoms with van der Waals surface area (Å²) in [5.74, 6) is 0.0981. The van der Waals surface area contributed by atoms with Crippen LogP contribution in [0.2, 0.25) is 0 Å². The maximum absolute atomic E-state index is 12.3. The molecule has 7 nitrogen and oxygen atoms in total. The molecule has 0 saturated heterocycles. The van der Waals surface area contributed by atoms with E-state index in [1.807, 2.05) is 32.3 Å². The molecule has 0 fully saturated rings. The fraction of sp³-hybridized carbons (Fsp3) is 0.185. The van der Waals surface area contributed by atoms with Crippen molar-refractivity contribution in [2.24, 2.45) is 0 Å². The summed E-state index contributed by atoms with van der Waals surface area (Å²) in [6, 6.07) is 7.46. The minimum absolute atomic E-state index is 0.143. The third-order valence-electron chi connectivity index (χ3n) is 6.06. The minimum atomic E-state index is -0.361. The first-order valence-electron chi connectivity index (χ1n) is 11.1. The average Bonchev–Trinajstić information content (AvgIpc) is 3.68. The number of aromatic nitrogens is 4. The summed E-state index contributed by atoms with van der Waals surface area (Å²) in [6.07, 6.45) is 9.77. The molecule has 1 N–H and O–H groups in total. The summed E-state index contributed by atoms with van der Waals surface area (Å²) in [5, 5.41) is 0. The van der Waals surface area contributed by atoms with Gasteiger partial charge in [0.25, 0.3) is 5.56 Å². The number of nitrogens with one attached hydrogen (secondary N) is 1. The van der Waals surface area contributed by atoms with Crippen LogP contribution in [-0.2, 0) is 13.0 Å². The molecule has 0 amide bonds. The number of H-pyrrole nitrogens is 1. The first-order valence-corrected chi connectivity index (χ1v) is 11.1. The minimum Gasteiger partial charge on any atom is -0.367 e. The highest BCUT2D eigenvalue weighted by molar-refractivity contribution is 6.12. The molecular formula is C27H24N5O2. The first-order chi connectivity index (χ1) is 16.4. The Bertz CT molecular complexity index is 1430. The highest BCUT2D eigenvalue weighted by Crippen LogP contribution is 2.28. The fourth-order valence-electron chi connectivity index (χ4n) is 3.99. The topological polar surface area (TPSA) is 91.8 Å². The normalized spacial score (nSPS) is 14.9. The second-order valence-corrected chi connectivity index (χ2v) is 8.60. The number of Topliss-reactive ketones (excluding diaryl/α,β-unsaturated/α-hetero) is 1. The Hall–Kier alpha value is -4.13. The number of fused-ring (bicyclic) bond motifs is 1. The molecule has 34 heavy (non-hydrogen) atoms. The summed E-state index contributed by atoms with van der Waals surface area (Å²) in [5.41, 5.74) is 7.37. The van der Waals surface area contributed by atoms with Crippen molar-refractivity contribution in [2.45, 2.75) is 26.8 Å². The number of allylic oxidation sites excluding steroid dienone is 3. The summed E-state index contributed by atoms with van der Waals surface area (Å²) in [6.45, 7) is 9.66. The zero-order valence-electron chi connectivity index (χ0n) is 19.1. The molecule has 4 heterocycles. The van der Waals surface area contributed by atoms with E-state index in [1.54, 1.807) is 18.6 Å². The van der Waals surface area contributed by atoms with Crippen LogP contribution in [0, 0.1) is 13.3 Å². The van der Waals surface area contributed by atoms with Crippen LogP contribution >= 0.6 is 0 Å². The largest absolute Gasteiger partial charge is 0.367 e. The first kappa shape index (κ1) is 21.7. The van der Waals surface area contributed by atoms with E-state index in [2.05, 4.69) is 38.6 Å². The van der Waals surface area contributed by atoms with Crippen LogP contribution in [0.1, 0.15) is 40.2 Å². The molecule has 0 saturated carbocycles. The predicted molar refractivity (Wildman–Crippen MR) is 131 cm³/mol. The molecular weight excluding hydrogens is 426 g/mol. The van der Waals surface area contributed by atoms with Gasteiger partial charge in [-0.1, -0.05) is 18.7 Å². The smallest absolute Gasteiger partial charge is 0.251 e. The molecule has 5 rings (SSSR count). The van der Waals surface area contributed by atoms with Crippen molar-refractivity contribution in [3.8, 4) is 11.1 Å². The number of aryl methyl sites for hydroxylation is 1. The van der Waals surface area contributed by atoms with Crippen LogP contribution in [0.15, 0.2) is 71.0 Å². The number of carbonyl (C=O) groups excluding carboxylic acids is 1. The highest BCUT2D eigenvalue weighted by Gasteiger charge is 2.22. The van der Waals surface area contributed by atoms with Crippen LogP contribution in [0.4, 0.5) is 0 Å². The number of aromatic amines is 1. The average molecular weight is 451 g/mol. The molecule has 0 spiro atoms. The number of pyridine rings is 2. The zero-order valence-corrected chi connectivity index (χ0v) is 19.1. The Morgan fingerprint density at radius 2 is 1.97 bits per heavy atom. The zero-order chi connectivity index (χ0) is 23.8. The van der Waals surface area contributed by atoms with Gasteiger partial charge < -0.3 is 9.88 Å². The van der Waals surface area contributed by atoms with Crippen LogP contribution in [0.25, 0.3) is 17.2 Å². The Morgan fingerprint density at radius 1 is 1.18 bits per heavy atom. The summed E-state index contributed by atoms with van der Waals surface area (Å²) >= 11 is 0. The number of hydrogen-bond donors (Lipinski definition) is 1. The molecule has 7 heteroatoms. The van der Waals surface area contributed by atoms with Crippen molar-refractivity contribution in [3.05, 3.63) is 111 Å². The quantitative estimate of drug-likeness (QED) is 0.453. The summed E-state index contributed by atoms with van der Waals surface area (Å²) in [4.78, 5) is 42.6. The summed E-state index contributed by atoms with van der Waals surface area (Å²) in [7, 11) is 0.